The van der Waals surface area contributed by atoms with Gasteiger partial charge in [-0.2, -0.15) is 0 Å². The lowest BCUT2D eigenvalue weighted by molar-refractivity contribution is -0.121. The Hall–Kier alpha value is -2.07. The van der Waals surface area contributed by atoms with E-state index in [1.165, 1.54) is 0 Å². The van der Waals surface area contributed by atoms with E-state index >= 15 is 0 Å². The summed E-state index contributed by atoms with van der Waals surface area (Å²) < 4.78 is 5.54. The smallest absolute Gasteiger partial charge is 0.220 e. The summed E-state index contributed by atoms with van der Waals surface area (Å²) in [6.45, 7) is 1.07. The predicted molar refractivity (Wildman–Crippen MR) is 87.1 cm³/mol. The summed E-state index contributed by atoms with van der Waals surface area (Å²) in [6, 6.07) is 13.1. The average Bonchev–Trinajstić information content (AvgIpc) is 2.54. The van der Waals surface area contributed by atoms with Crippen LogP contribution >= 0.6 is 11.6 Å². The van der Waals surface area contributed by atoms with Gasteiger partial charge in [0.25, 0.3) is 0 Å². The lowest BCUT2D eigenvalue weighted by Crippen LogP contribution is -2.26. The number of hydrogen-bond acceptors (Lipinski definition) is 3. The Labute approximate surface area is 135 Å². The van der Waals surface area contributed by atoms with E-state index in [0.717, 1.165) is 12.1 Å². The summed E-state index contributed by atoms with van der Waals surface area (Å²) >= 11 is 5.98. The van der Waals surface area contributed by atoms with E-state index in [1.54, 1.807) is 12.3 Å². The number of halogens is 1. The molecule has 0 fully saturated rings. The molecule has 0 saturated carbocycles. The highest BCUT2D eigenvalue weighted by molar-refractivity contribution is 6.32. The first-order valence-corrected chi connectivity index (χ1v) is 7.67. The molecule has 1 amide bonds. The maximum atomic E-state index is 11.7. The minimum Gasteiger partial charge on any atom is -0.492 e. The number of rotatable bonds is 8. The van der Waals surface area contributed by atoms with Gasteiger partial charge in [0, 0.05) is 31.3 Å². The number of nitrogens with one attached hydrogen (secondary N) is 1. The fraction of sp³-hybridized carbons (Fsp3) is 0.294. The van der Waals surface area contributed by atoms with E-state index in [0.29, 0.717) is 36.8 Å². The molecule has 1 N–H and O–H groups in total. The lowest BCUT2D eigenvalue weighted by atomic mass is 10.2. The van der Waals surface area contributed by atoms with Crippen LogP contribution in [0.1, 0.15) is 18.5 Å². The fourth-order valence-electron chi connectivity index (χ4n) is 1.94. The highest BCUT2D eigenvalue weighted by Gasteiger charge is 2.03. The Morgan fingerprint density at radius 3 is 2.77 bits per heavy atom. The Bertz CT molecular complexity index is 590. The van der Waals surface area contributed by atoms with Crippen LogP contribution in [-0.2, 0) is 11.2 Å². The molecule has 0 aliphatic heterocycles. The van der Waals surface area contributed by atoms with Crippen molar-refractivity contribution in [1.82, 2.24) is 10.3 Å². The first-order valence-electron chi connectivity index (χ1n) is 7.29. The molecule has 2 aromatic rings. The molecule has 2 rings (SSSR count). The number of para-hydroxylation sites is 1. The number of ether oxygens (including phenoxy) is 1. The van der Waals surface area contributed by atoms with Crippen molar-refractivity contribution in [3.05, 3.63) is 59.4 Å². The van der Waals surface area contributed by atoms with Crippen LogP contribution in [0, 0.1) is 0 Å². The summed E-state index contributed by atoms with van der Waals surface area (Å²) in [5, 5.41) is 3.47. The van der Waals surface area contributed by atoms with Crippen molar-refractivity contribution in [2.75, 3.05) is 13.2 Å². The van der Waals surface area contributed by atoms with Gasteiger partial charge in [-0.3, -0.25) is 9.78 Å². The summed E-state index contributed by atoms with van der Waals surface area (Å²) in [7, 11) is 0. The van der Waals surface area contributed by atoms with Crippen LogP contribution in [0.25, 0.3) is 0 Å². The molecule has 0 aliphatic rings. The molecule has 0 saturated heterocycles. The number of amides is 1. The first-order chi connectivity index (χ1) is 10.8. The molecular weight excluding hydrogens is 300 g/mol. The molecule has 0 radical (unpaired) electrons. The van der Waals surface area contributed by atoms with E-state index in [1.807, 2.05) is 36.4 Å². The molecule has 116 valence electrons. The molecule has 4 nitrogen and oxygen atoms in total. The third kappa shape index (κ3) is 5.74. The van der Waals surface area contributed by atoms with E-state index in [2.05, 4.69) is 10.3 Å². The largest absolute Gasteiger partial charge is 0.492 e. The van der Waals surface area contributed by atoms with E-state index < -0.39 is 0 Å². The molecule has 0 atom stereocenters. The van der Waals surface area contributed by atoms with Gasteiger partial charge in [-0.15, -0.1) is 0 Å². The standard InChI is InChI=1S/C17H19ClN2O2/c18-15-7-1-2-8-16(15)22-13-5-9-17(21)20-12-10-14-6-3-4-11-19-14/h1-4,6-8,11H,5,9-10,12-13H2,(H,20,21). The van der Waals surface area contributed by atoms with Crippen molar-refractivity contribution in [3.8, 4) is 5.75 Å². The topological polar surface area (TPSA) is 51.2 Å². The first kappa shape index (κ1) is 16.3. The average molecular weight is 319 g/mol. The summed E-state index contributed by atoms with van der Waals surface area (Å²) in [5.74, 6) is 0.679. The van der Waals surface area contributed by atoms with E-state index in [9.17, 15) is 4.79 Å². The quantitative estimate of drug-likeness (QED) is 0.760. The SMILES string of the molecule is O=C(CCCOc1ccccc1Cl)NCCc1ccccn1. The van der Waals surface area contributed by atoms with Crippen molar-refractivity contribution in [3.63, 3.8) is 0 Å². The monoisotopic (exact) mass is 318 g/mol. The maximum Gasteiger partial charge on any atom is 0.220 e. The number of nitrogens with zero attached hydrogens (tertiary/aromatic N) is 1. The molecular formula is C17H19ClN2O2. The number of benzene rings is 1. The zero-order valence-electron chi connectivity index (χ0n) is 12.3. The van der Waals surface area contributed by atoms with Gasteiger partial charge in [0.2, 0.25) is 5.91 Å². The van der Waals surface area contributed by atoms with Crippen LogP contribution in [0.2, 0.25) is 5.02 Å². The second-order valence-corrected chi connectivity index (χ2v) is 5.21. The Morgan fingerprint density at radius 1 is 1.18 bits per heavy atom. The Balaban J connectivity index is 1.57. The molecule has 0 spiro atoms. The Morgan fingerprint density at radius 2 is 2.00 bits per heavy atom. The third-order valence-corrected chi connectivity index (χ3v) is 3.38. The minimum absolute atomic E-state index is 0.0266. The molecule has 22 heavy (non-hydrogen) atoms. The maximum absolute atomic E-state index is 11.7. The molecule has 1 heterocycles. The molecule has 5 heteroatoms. The normalized spacial score (nSPS) is 10.2. The van der Waals surface area contributed by atoms with Crippen LogP contribution in [0.4, 0.5) is 0 Å². The number of carbonyl (C=O) groups excluding carboxylic acids is 1. The van der Waals surface area contributed by atoms with Crippen molar-refractivity contribution >= 4 is 17.5 Å². The van der Waals surface area contributed by atoms with Crippen LogP contribution in [0.15, 0.2) is 48.7 Å². The summed E-state index contributed by atoms with van der Waals surface area (Å²) in [6.07, 6.45) is 3.58. The fourth-order valence-corrected chi connectivity index (χ4v) is 2.13. The number of pyridine rings is 1. The lowest BCUT2D eigenvalue weighted by Gasteiger charge is -2.08. The van der Waals surface area contributed by atoms with Crippen LogP contribution < -0.4 is 10.1 Å². The zero-order chi connectivity index (χ0) is 15.6. The molecule has 0 aliphatic carbocycles. The summed E-state index contributed by atoms with van der Waals surface area (Å²) in [5.41, 5.74) is 0.977. The molecule has 1 aromatic carbocycles. The number of aromatic nitrogens is 1. The molecule has 0 bridgehead atoms. The van der Waals surface area contributed by atoms with Gasteiger partial charge in [0.1, 0.15) is 5.75 Å². The van der Waals surface area contributed by atoms with Crippen molar-refractivity contribution in [2.24, 2.45) is 0 Å². The van der Waals surface area contributed by atoms with Gasteiger partial charge in [0.15, 0.2) is 0 Å². The number of carbonyl (C=O) groups is 1. The highest BCUT2D eigenvalue weighted by Crippen LogP contribution is 2.23. The van der Waals surface area contributed by atoms with Gasteiger partial charge >= 0.3 is 0 Å². The number of hydrogen-bond donors (Lipinski definition) is 1. The van der Waals surface area contributed by atoms with Gasteiger partial charge < -0.3 is 10.1 Å². The van der Waals surface area contributed by atoms with Crippen molar-refractivity contribution < 1.29 is 9.53 Å². The van der Waals surface area contributed by atoms with E-state index in [4.69, 9.17) is 16.3 Å². The van der Waals surface area contributed by atoms with Gasteiger partial charge in [0.05, 0.1) is 11.6 Å². The van der Waals surface area contributed by atoms with Crippen LogP contribution in [0.5, 0.6) is 5.75 Å². The van der Waals surface area contributed by atoms with Crippen LogP contribution in [0.3, 0.4) is 0 Å². The zero-order valence-corrected chi connectivity index (χ0v) is 13.1. The highest BCUT2D eigenvalue weighted by atomic mass is 35.5. The predicted octanol–water partition coefficient (Wildman–Crippen LogP) is 3.25. The van der Waals surface area contributed by atoms with Crippen LogP contribution in [-0.4, -0.2) is 24.0 Å². The van der Waals surface area contributed by atoms with Gasteiger partial charge in [-0.1, -0.05) is 29.8 Å². The Kier molecular flexibility index (Phi) is 6.71. The van der Waals surface area contributed by atoms with E-state index in [-0.39, 0.29) is 5.91 Å². The summed E-state index contributed by atoms with van der Waals surface area (Å²) in [4.78, 5) is 15.9. The van der Waals surface area contributed by atoms with Crippen molar-refractivity contribution in [1.29, 1.82) is 0 Å². The van der Waals surface area contributed by atoms with Crippen molar-refractivity contribution in [2.45, 2.75) is 19.3 Å². The minimum atomic E-state index is 0.0266. The second kappa shape index (κ2) is 9.05. The second-order valence-electron chi connectivity index (χ2n) is 4.80. The third-order valence-electron chi connectivity index (χ3n) is 3.07. The molecule has 0 unspecified atom stereocenters. The van der Waals surface area contributed by atoms with Gasteiger partial charge in [-0.25, -0.2) is 0 Å². The van der Waals surface area contributed by atoms with Gasteiger partial charge in [-0.05, 0) is 30.7 Å². The molecule has 1 aromatic heterocycles.